The molecule has 0 aromatic carbocycles. The first-order valence-electron chi connectivity index (χ1n) is 8.30. The molecule has 0 bridgehead atoms. The third-order valence-corrected chi connectivity index (χ3v) is 5.15. The van der Waals surface area contributed by atoms with Crippen LogP contribution in [0, 0.1) is 13.8 Å². The first-order chi connectivity index (χ1) is 12.4. The average molecular weight is 373 g/mol. The number of carbonyl (C=O) groups is 1. The fourth-order valence-corrected chi connectivity index (χ4v) is 3.68. The lowest BCUT2D eigenvalue weighted by atomic mass is 10.1. The molecule has 1 atom stereocenters. The smallest absolute Gasteiger partial charge is 0.254 e. The summed E-state index contributed by atoms with van der Waals surface area (Å²) in [7, 11) is 4.02. The molecular weight excluding hydrogens is 350 g/mol. The summed E-state index contributed by atoms with van der Waals surface area (Å²) in [5.74, 6) is 0.575. The number of rotatable bonds is 6. The Morgan fingerprint density at radius 1 is 1.38 bits per heavy atom. The molecule has 138 valence electrons. The normalized spacial score (nSPS) is 12.7. The highest BCUT2D eigenvalue weighted by Gasteiger charge is 2.18. The molecule has 3 N–H and O–H groups in total. The molecule has 3 aromatic rings. The lowest BCUT2D eigenvalue weighted by Crippen LogP contribution is -2.35. The van der Waals surface area contributed by atoms with E-state index in [0.717, 1.165) is 17.0 Å². The van der Waals surface area contributed by atoms with Crippen LogP contribution in [0.25, 0.3) is 5.78 Å². The van der Waals surface area contributed by atoms with Crippen molar-refractivity contribution in [3.05, 3.63) is 39.3 Å². The highest BCUT2D eigenvalue weighted by molar-refractivity contribution is 7.07. The quantitative estimate of drug-likeness (QED) is 0.676. The van der Waals surface area contributed by atoms with Gasteiger partial charge >= 0.3 is 0 Å². The third kappa shape index (κ3) is 3.68. The number of likely N-dealkylation sites (N-methyl/N-ethyl adjacent to an activating group) is 1. The number of nitrogens with two attached hydrogens (primary N) is 1. The van der Waals surface area contributed by atoms with Gasteiger partial charge in [-0.3, -0.25) is 4.79 Å². The zero-order valence-corrected chi connectivity index (χ0v) is 16.2. The van der Waals surface area contributed by atoms with Crippen molar-refractivity contribution in [1.82, 2.24) is 29.8 Å². The van der Waals surface area contributed by atoms with Crippen molar-refractivity contribution < 1.29 is 4.79 Å². The van der Waals surface area contributed by atoms with Gasteiger partial charge in [0.05, 0.1) is 12.5 Å². The lowest BCUT2D eigenvalue weighted by Gasteiger charge is -2.24. The van der Waals surface area contributed by atoms with Crippen LogP contribution in [0.3, 0.4) is 0 Å². The predicted molar refractivity (Wildman–Crippen MR) is 102 cm³/mol. The Morgan fingerprint density at radius 2 is 2.15 bits per heavy atom. The Hall–Kier alpha value is -2.52. The van der Waals surface area contributed by atoms with Crippen molar-refractivity contribution in [2.24, 2.45) is 0 Å². The van der Waals surface area contributed by atoms with Crippen LogP contribution in [0.15, 0.2) is 16.8 Å². The molecule has 0 fully saturated rings. The number of anilines is 1. The van der Waals surface area contributed by atoms with Crippen LogP contribution in [0.2, 0.25) is 0 Å². The summed E-state index contributed by atoms with van der Waals surface area (Å²) in [6.45, 7) is 4.31. The number of carbonyl (C=O) groups excluding carboxylic acids is 1. The van der Waals surface area contributed by atoms with E-state index >= 15 is 0 Å². The molecule has 0 saturated heterocycles. The van der Waals surface area contributed by atoms with Crippen molar-refractivity contribution in [1.29, 1.82) is 0 Å². The van der Waals surface area contributed by atoms with Crippen LogP contribution < -0.4 is 11.1 Å². The minimum Gasteiger partial charge on any atom is -0.366 e. The molecule has 0 spiro atoms. The highest BCUT2D eigenvalue weighted by atomic mass is 32.1. The molecule has 3 rings (SSSR count). The van der Waals surface area contributed by atoms with E-state index in [1.54, 1.807) is 15.9 Å². The van der Waals surface area contributed by atoms with E-state index in [2.05, 4.69) is 36.7 Å². The minimum absolute atomic E-state index is 0.0486. The molecule has 3 heterocycles. The maximum atomic E-state index is 12.5. The van der Waals surface area contributed by atoms with Gasteiger partial charge < -0.3 is 16.0 Å². The van der Waals surface area contributed by atoms with Gasteiger partial charge in [0.2, 0.25) is 11.9 Å². The van der Waals surface area contributed by atoms with E-state index in [9.17, 15) is 4.79 Å². The highest BCUT2D eigenvalue weighted by Crippen LogP contribution is 2.20. The Morgan fingerprint density at radius 3 is 2.81 bits per heavy atom. The number of fused-ring (bicyclic) bond motifs is 1. The van der Waals surface area contributed by atoms with Crippen LogP contribution in [-0.2, 0) is 11.2 Å². The number of hydrogen-bond acceptors (Lipinski definition) is 7. The molecule has 1 amide bonds. The van der Waals surface area contributed by atoms with Gasteiger partial charge in [0, 0.05) is 23.5 Å². The second-order valence-electron chi connectivity index (χ2n) is 6.46. The number of aromatic nitrogens is 4. The number of hydrogen-bond donors (Lipinski definition) is 2. The first kappa shape index (κ1) is 18.3. The van der Waals surface area contributed by atoms with Crippen LogP contribution in [0.5, 0.6) is 0 Å². The van der Waals surface area contributed by atoms with Crippen molar-refractivity contribution in [3.8, 4) is 0 Å². The summed E-state index contributed by atoms with van der Waals surface area (Å²) in [6.07, 6.45) is 0.240. The van der Waals surface area contributed by atoms with Gasteiger partial charge in [0.1, 0.15) is 0 Å². The molecule has 0 aliphatic rings. The topological polar surface area (TPSA) is 101 Å². The summed E-state index contributed by atoms with van der Waals surface area (Å²) < 4.78 is 1.58. The van der Waals surface area contributed by atoms with Crippen molar-refractivity contribution in [2.45, 2.75) is 26.3 Å². The number of nitrogens with one attached hydrogen (secondary N) is 1. The summed E-state index contributed by atoms with van der Waals surface area (Å²) in [6, 6.07) is 2.23. The number of thiophene rings is 1. The Labute approximate surface area is 156 Å². The predicted octanol–water partition coefficient (Wildman–Crippen LogP) is 1.35. The van der Waals surface area contributed by atoms with E-state index in [1.807, 2.05) is 33.3 Å². The number of amides is 1. The summed E-state index contributed by atoms with van der Waals surface area (Å²) in [4.78, 5) is 23.1. The van der Waals surface area contributed by atoms with Gasteiger partial charge in [0.15, 0.2) is 0 Å². The Bertz CT molecular complexity index is 917. The van der Waals surface area contributed by atoms with Gasteiger partial charge in [-0.15, -0.1) is 5.10 Å². The molecular formula is C17H23N7OS. The maximum Gasteiger partial charge on any atom is 0.254 e. The molecule has 3 aromatic heterocycles. The second-order valence-corrected chi connectivity index (χ2v) is 7.24. The standard InChI is InChI=1S/C17H23N7OS/c1-10-13(11(2)24-17(20-10)21-16(18)22-24)7-15(25)19-8-14(23(3)4)12-5-6-26-9-12/h5-6,9,14H,7-8H2,1-4H3,(H2,18,22)(H,19,25)/t14-/m0/s1. The molecule has 0 aliphatic heterocycles. The van der Waals surface area contributed by atoms with E-state index in [0.29, 0.717) is 12.3 Å². The largest absolute Gasteiger partial charge is 0.366 e. The van der Waals surface area contributed by atoms with E-state index in [-0.39, 0.29) is 24.3 Å². The fourth-order valence-electron chi connectivity index (χ4n) is 2.98. The minimum atomic E-state index is -0.0486. The van der Waals surface area contributed by atoms with Gasteiger partial charge in [-0.25, -0.2) is 4.98 Å². The number of nitrogen functional groups attached to an aromatic ring is 1. The van der Waals surface area contributed by atoms with Crippen LogP contribution in [-0.4, -0.2) is 51.0 Å². The first-order valence-corrected chi connectivity index (χ1v) is 9.24. The van der Waals surface area contributed by atoms with Gasteiger partial charge in [-0.05, 0) is 50.3 Å². The van der Waals surface area contributed by atoms with Crippen molar-refractivity contribution in [3.63, 3.8) is 0 Å². The molecule has 0 radical (unpaired) electrons. The maximum absolute atomic E-state index is 12.5. The summed E-state index contributed by atoms with van der Waals surface area (Å²) in [5, 5.41) is 11.3. The van der Waals surface area contributed by atoms with Crippen molar-refractivity contribution >= 4 is 29.0 Å². The summed E-state index contributed by atoms with van der Waals surface area (Å²) >= 11 is 1.66. The van der Waals surface area contributed by atoms with E-state index in [4.69, 9.17) is 5.73 Å². The lowest BCUT2D eigenvalue weighted by molar-refractivity contribution is -0.120. The fraction of sp³-hybridized carbons (Fsp3) is 0.412. The van der Waals surface area contributed by atoms with Gasteiger partial charge in [-0.1, -0.05) is 0 Å². The number of aryl methyl sites for hydroxylation is 2. The van der Waals surface area contributed by atoms with Crippen LogP contribution >= 0.6 is 11.3 Å². The zero-order valence-electron chi connectivity index (χ0n) is 15.4. The zero-order chi connectivity index (χ0) is 18.8. The Kier molecular flexibility index (Phi) is 5.19. The second kappa shape index (κ2) is 7.38. The van der Waals surface area contributed by atoms with Gasteiger partial charge in [0.25, 0.3) is 5.78 Å². The molecule has 26 heavy (non-hydrogen) atoms. The third-order valence-electron chi connectivity index (χ3n) is 4.45. The molecule has 8 nitrogen and oxygen atoms in total. The average Bonchev–Trinajstić information content (AvgIpc) is 3.21. The molecule has 0 saturated carbocycles. The SMILES string of the molecule is Cc1nc2nc(N)nn2c(C)c1CC(=O)NC[C@@H](c1ccsc1)N(C)C. The van der Waals surface area contributed by atoms with Crippen molar-refractivity contribution in [2.75, 3.05) is 26.4 Å². The molecule has 0 unspecified atom stereocenters. The van der Waals surface area contributed by atoms with E-state index in [1.165, 1.54) is 5.56 Å². The van der Waals surface area contributed by atoms with E-state index < -0.39 is 0 Å². The molecule has 0 aliphatic carbocycles. The monoisotopic (exact) mass is 373 g/mol. The molecule has 9 heteroatoms. The van der Waals surface area contributed by atoms with Crippen LogP contribution in [0.4, 0.5) is 5.95 Å². The van der Waals surface area contributed by atoms with Gasteiger partial charge in [-0.2, -0.15) is 20.8 Å². The Balaban J connectivity index is 1.73. The number of nitrogens with zero attached hydrogens (tertiary/aromatic N) is 5. The summed E-state index contributed by atoms with van der Waals surface area (Å²) in [5.41, 5.74) is 9.29. The van der Waals surface area contributed by atoms with Crippen LogP contribution in [0.1, 0.15) is 28.6 Å².